The minimum atomic E-state index is -1.18. The minimum absolute atomic E-state index is 0.190. The highest BCUT2D eigenvalue weighted by Gasteiger charge is 2.07. The second kappa shape index (κ2) is 11.1. The largest absolute Gasteiger partial charge is 0.480 e. The number of hydrogen-bond acceptors (Lipinski definition) is 10. The number of carboxylic acids is 2. The molecule has 0 aliphatic rings. The van der Waals surface area contributed by atoms with Crippen LogP contribution in [0.15, 0.2) is 12.7 Å². The lowest BCUT2D eigenvalue weighted by atomic mass is 10.3. The summed E-state index contributed by atoms with van der Waals surface area (Å²) in [5.41, 5.74) is 16.5. The molecule has 2 heterocycles. The smallest absolute Gasteiger partial charge is 0.322 e. The highest BCUT2D eigenvalue weighted by molar-refractivity contribution is 7.80. The summed E-state index contributed by atoms with van der Waals surface area (Å²) in [6, 6.07) is -1.94. The SMILES string of the molecule is NC(CO)C(=O)O.NC(CS)C(=O)O.Nc1ncnc2[nH]cnc12. The third-order valence-electron chi connectivity index (χ3n) is 2.27. The average molecular weight is 361 g/mol. The zero-order valence-corrected chi connectivity index (χ0v) is 13.3. The molecule has 0 amide bonds. The molecule has 0 bridgehead atoms. The molecule has 24 heavy (non-hydrogen) atoms. The van der Waals surface area contributed by atoms with Gasteiger partial charge in [-0.15, -0.1) is 0 Å². The first kappa shape index (κ1) is 21.5. The van der Waals surface area contributed by atoms with E-state index in [1.165, 1.54) is 12.7 Å². The van der Waals surface area contributed by atoms with Crippen molar-refractivity contribution >= 4 is 41.5 Å². The molecule has 13 heteroatoms. The highest BCUT2D eigenvalue weighted by atomic mass is 32.1. The fourth-order valence-electron chi connectivity index (χ4n) is 0.939. The van der Waals surface area contributed by atoms with Crippen LogP contribution in [-0.4, -0.2) is 71.6 Å². The summed E-state index contributed by atoms with van der Waals surface area (Å²) in [4.78, 5) is 33.8. The second-order valence-corrected chi connectivity index (χ2v) is 4.48. The lowest BCUT2D eigenvalue weighted by molar-refractivity contribution is -0.139. The molecule has 0 saturated carbocycles. The standard InChI is InChI=1S/C5H5N5.C3H7NO3.C3H7NO2S/c6-4-3-5(9-1-7-3)10-2-8-4;4-2(1-5)3(6)7;4-2(1-7)3(5)6/h1-2H,(H3,6,7,8,9,10);2,5H,1,4H2,(H,6,7);2,7H,1,4H2,(H,5,6). The van der Waals surface area contributed by atoms with Gasteiger partial charge in [-0.3, -0.25) is 9.59 Å². The van der Waals surface area contributed by atoms with Crippen molar-refractivity contribution in [2.75, 3.05) is 18.1 Å². The van der Waals surface area contributed by atoms with Crippen molar-refractivity contribution in [2.45, 2.75) is 12.1 Å². The quantitative estimate of drug-likeness (QED) is 0.269. The van der Waals surface area contributed by atoms with E-state index in [-0.39, 0.29) is 5.75 Å². The van der Waals surface area contributed by atoms with Crippen LogP contribution in [0.5, 0.6) is 0 Å². The minimum Gasteiger partial charge on any atom is -0.480 e. The number of thiol groups is 1. The molecule has 2 aromatic rings. The predicted octanol–water partition coefficient (Wildman–Crippen LogP) is -2.35. The van der Waals surface area contributed by atoms with Crippen LogP contribution < -0.4 is 17.2 Å². The number of nitrogens with zero attached hydrogens (tertiary/aromatic N) is 3. The number of aliphatic hydroxyl groups excluding tert-OH is 1. The van der Waals surface area contributed by atoms with Crippen LogP contribution in [0.2, 0.25) is 0 Å². The number of H-pyrrole nitrogens is 1. The number of anilines is 1. The topological polar surface area (TPSA) is 227 Å². The number of nitrogen functional groups attached to an aromatic ring is 1. The molecule has 2 atom stereocenters. The molecule has 2 rings (SSSR count). The Bertz CT molecular complexity index is 632. The predicted molar refractivity (Wildman–Crippen MR) is 88.3 cm³/mol. The van der Waals surface area contributed by atoms with Gasteiger partial charge in [0.1, 0.15) is 23.9 Å². The Morgan fingerprint density at radius 1 is 1.17 bits per heavy atom. The Hall–Kier alpha value is -2.48. The number of carbonyl (C=O) groups is 2. The maximum atomic E-state index is 9.76. The van der Waals surface area contributed by atoms with E-state index >= 15 is 0 Å². The molecular weight excluding hydrogens is 342 g/mol. The monoisotopic (exact) mass is 361 g/mol. The highest BCUT2D eigenvalue weighted by Crippen LogP contribution is 2.09. The lowest BCUT2D eigenvalue weighted by Crippen LogP contribution is -2.33. The number of nitrogens with two attached hydrogens (primary N) is 3. The summed E-state index contributed by atoms with van der Waals surface area (Å²) in [5.74, 6) is -1.58. The van der Waals surface area contributed by atoms with Crippen LogP contribution in [0, 0.1) is 0 Å². The molecule has 12 nitrogen and oxygen atoms in total. The molecule has 10 N–H and O–H groups in total. The molecule has 0 spiro atoms. The number of aliphatic hydroxyl groups is 1. The summed E-state index contributed by atoms with van der Waals surface area (Å²) in [5, 5.41) is 23.9. The van der Waals surface area contributed by atoms with Gasteiger partial charge in [-0.2, -0.15) is 12.6 Å². The number of carboxylic acid groups (broad SMARTS) is 2. The summed E-state index contributed by atoms with van der Waals surface area (Å²) < 4.78 is 0. The van der Waals surface area contributed by atoms with Gasteiger partial charge in [-0.25, -0.2) is 15.0 Å². The van der Waals surface area contributed by atoms with Crippen LogP contribution in [0.1, 0.15) is 0 Å². The third-order valence-corrected chi connectivity index (χ3v) is 2.67. The number of fused-ring (bicyclic) bond motifs is 1. The van der Waals surface area contributed by atoms with Crippen molar-refractivity contribution in [1.29, 1.82) is 0 Å². The van der Waals surface area contributed by atoms with Crippen molar-refractivity contribution in [2.24, 2.45) is 11.5 Å². The van der Waals surface area contributed by atoms with Gasteiger partial charge >= 0.3 is 11.9 Å². The van der Waals surface area contributed by atoms with Crippen molar-refractivity contribution in [3.05, 3.63) is 12.7 Å². The number of hydrogen-bond donors (Lipinski definition) is 8. The van der Waals surface area contributed by atoms with Gasteiger partial charge in [0, 0.05) is 5.75 Å². The summed E-state index contributed by atoms with van der Waals surface area (Å²) in [6.07, 6.45) is 2.94. The van der Waals surface area contributed by atoms with Crippen molar-refractivity contribution in [1.82, 2.24) is 19.9 Å². The zero-order valence-electron chi connectivity index (χ0n) is 12.4. The van der Waals surface area contributed by atoms with Gasteiger partial charge in [0.2, 0.25) is 0 Å². The van der Waals surface area contributed by atoms with E-state index in [9.17, 15) is 9.59 Å². The van der Waals surface area contributed by atoms with E-state index in [2.05, 4.69) is 32.6 Å². The second-order valence-electron chi connectivity index (χ2n) is 4.11. The first-order chi connectivity index (χ1) is 11.2. The molecule has 2 aromatic heterocycles. The van der Waals surface area contributed by atoms with Crippen LogP contribution in [-0.2, 0) is 9.59 Å². The lowest BCUT2D eigenvalue weighted by Gasteiger charge is -1.96. The molecule has 0 aliphatic heterocycles. The molecule has 0 saturated heterocycles. The van der Waals surface area contributed by atoms with E-state index in [0.717, 1.165) is 0 Å². The molecule has 0 aliphatic carbocycles. The molecule has 2 unspecified atom stereocenters. The fraction of sp³-hybridized carbons (Fsp3) is 0.364. The molecular formula is C11H19N7O5S. The van der Waals surface area contributed by atoms with Crippen LogP contribution in [0.4, 0.5) is 5.82 Å². The van der Waals surface area contributed by atoms with Gasteiger partial charge < -0.3 is 37.5 Å². The Balaban J connectivity index is 0.000000343. The average Bonchev–Trinajstić information content (AvgIpc) is 3.04. The number of rotatable bonds is 4. The summed E-state index contributed by atoms with van der Waals surface area (Å²) in [6.45, 7) is -0.505. The molecule has 0 aromatic carbocycles. The Labute approximate surface area is 141 Å². The fourth-order valence-corrected chi connectivity index (χ4v) is 1.10. The first-order valence-electron chi connectivity index (χ1n) is 6.32. The number of aromatic amines is 1. The van der Waals surface area contributed by atoms with Crippen molar-refractivity contribution in [3.8, 4) is 0 Å². The van der Waals surface area contributed by atoms with E-state index in [4.69, 9.17) is 32.5 Å². The molecule has 0 fully saturated rings. The van der Waals surface area contributed by atoms with E-state index in [1.54, 1.807) is 0 Å². The number of aliphatic carboxylic acids is 2. The number of imidazole rings is 1. The summed E-state index contributed by atoms with van der Waals surface area (Å²) in [7, 11) is 0. The molecule has 0 radical (unpaired) electrons. The maximum absolute atomic E-state index is 9.76. The summed E-state index contributed by atoms with van der Waals surface area (Å²) >= 11 is 3.65. The van der Waals surface area contributed by atoms with E-state index < -0.39 is 30.6 Å². The normalized spacial score (nSPS) is 12.2. The first-order valence-corrected chi connectivity index (χ1v) is 6.95. The van der Waals surface area contributed by atoms with Gasteiger partial charge in [0.15, 0.2) is 11.5 Å². The Kier molecular flexibility index (Phi) is 9.97. The zero-order chi connectivity index (χ0) is 18.7. The van der Waals surface area contributed by atoms with Crippen LogP contribution in [0.3, 0.4) is 0 Å². The maximum Gasteiger partial charge on any atom is 0.322 e. The van der Waals surface area contributed by atoms with E-state index in [0.29, 0.717) is 17.0 Å². The number of aromatic nitrogens is 4. The Morgan fingerprint density at radius 2 is 1.75 bits per heavy atom. The van der Waals surface area contributed by atoms with Crippen molar-refractivity contribution in [3.63, 3.8) is 0 Å². The van der Waals surface area contributed by atoms with Gasteiger partial charge in [0.25, 0.3) is 0 Å². The van der Waals surface area contributed by atoms with Gasteiger partial charge in [-0.05, 0) is 0 Å². The number of nitrogens with one attached hydrogen (secondary N) is 1. The van der Waals surface area contributed by atoms with Crippen LogP contribution >= 0.6 is 12.6 Å². The van der Waals surface area contributed by atoms with Crippen molar-refractivity contribution < 1.29 is 24.9 Å². The molecule has 134 valence electrons. The third kappa shape index (κ3) is 7.68. The van der Waals surface area contributed by atoms with Gasteiger partial charge in [-0.1, -0.05) is 0 Å². The van der Waals surface area contributed by atoms with Gasteiger partial charge in [0.05, 0.1) is 12.9 Å². The Morgan fingerprint density at radius 3 is 2.08 bits per heavy atom. The van der Waals surface area contributed by atoms with Crippen LogP contribution in [0.25, 0.3) is 11.2 Å². The van der Waals surface area contributed by atoms with E-state index in [1.807, 2.05) is 0 Å².